The van der Waals surface area contributed by atoms with Gasteiger partial charge in [-0.3, -0.25) is 0 Å². The molecular formula is C5H13O4P. The van der Waals surface area contributed by atoms with Crippen LogP contribution in [0.3, 0.4) is 0 Å². The van der Waals surface area contributed by atoms with E-state index in [2.05, 4.69) is 11.1 Å². The Labute approximate surface area is 60.4 Å². The zero-order valence-electron chi connectivity index (χ0n) is 5.87. The van der Waals surface area contributed by atoms with Gasteiger partial charge in [-0.15, -0.1) is 0 Å². The summed E-state index contributed by atoms with van der Waals surface area (Å²) in [5.41, 5.74) is 0.873. The topological polar surface area (TPSA) is 69.9 Å². The van der Waals surface area contributed by atoms with Crippen molar-refractivity contribution < 1.29 is 19.2 Å². The van der Waals surface area contributed by atoms with Crippen molar-refractivity contribution in [3.05, 3.63) is 12.2 Å². The summed E-state index contributed by atoms with van der Waals surface area (Å²) < 4.78 is 4.28. The second kappa shape index (κ2) is 4.01. The van der Waals surface area contributed by atoms with Crippen LogP contribution in [0.5, 0.6) is 0 Å². The molecule has 0 aromatic heterocycles. The van der Waals surface area contributed by atoms with Crippen LogP contribution in [0.1, 0.15) is 13.3 Å². The van der Waals surface area contributed by atoms with E-state index in [9.17, 15) is 0 Å². The summed E-state index contributed by atoms with van der Waals surface area (Å²) in [6.07, 6.45) is 0.524. The minimum atomic E-state index is -4.27. The summed E-state index contributed by atoms with van der Waals surface area (Å²) in [6, 6.07) is 0. The zero-order chi connectivity index (χ0) is 8.20. The molecule has 0 aliphatic rings. The molecule has 0 aromatic rings. The van der Waals surface area contributed by atoms with Gasteiger partial charge in [-0.05, 0) is 0 Å². The molecule has 0 rings (SSSR count). The van der Waals surface area contributed by atoms with Gasteiger partial charge >= 0.3 is 59.5 Å². The van der Waals surface area contributed by atoms with Gasteiger partial charge in [0.15, 0.2) is 0 Å². The van der Waals surface area contributed by atoms with E-state index in [4.69, 9.17) is 14.7 Å². The molecule has 0 saturated carbocycles. The predicted octanol–water partition coefficient (Wildman–Crippen LogP) is 0.356. The number of hydrogen-bond acceptors (Lipinski definition) is 4. The maximum absolute atomic E-state index is 8.33. The average Bonchev–Trinajstić information content (AvgIpc) is 1.59. The molecule has 0 aliphatic heterocycles. The first-order valence-electron chi connectivity index (χ1n) is 2.87. The van der Waals surface area contributed by atoms with E-state index in [1.165, 1.54) is 0 Å². The molecule has 10 heavy (non-hydrogen) atoms. The first-order valence-corrected chi connectivity index (χ1v) is 4.62. The molecule has 0 heterocycles. The third-order valence-corrected chi connectivity index (χ3v) is 1.42. The van der Waals surface area contributed by atoms with E-state index in [0.29, 0.717) is 6.42 Å². The normalized spacial score (nSPS) is 13.2. The SMILES string of the molecule is C=C(C)CCO[PH](O)(O)O. The molecule has 0 aliphatic carbocycles. The van der Waals surface area contributed by atoms with Crippen molar-refractivity contribution in [3.63, 3.8) is 0 Å². The Morgan fingerprint density at radius 1 is 1.50 bits per heavy atom. The van der Waals surface area contributed by atoms with Crippen LogP contribution in [0.2, 0.25) is 0 Å². The van der Waals surface area contributed by atoms with Gasteiger partial charge in [-0.25, -0.2) is 0 Å². The Hall–Kier alpha value is 0.0100. The molecule has 0 spiro atoms. The van der Waals surface area contributed by atoms with Crippen LogP contribution >= 0.6 is 8.17 Å². The van der Waals surface area contributed by atoms with Crippen molar-refractivity contribution in [3.8, 4) is 0 Å². The van der Waals surface area contributed by atoms with Crippen LogP contribution < -0.4 is 0 Å². The maximum atomic E-state index is 8.33. The van der Waals surface area contributed by atoms with Gasteiger partial charge in [0.25, 0.3) is 0 Å². The molecule has 0 saturated heterocycles. The third-order valence-electron chi connectivity index (χ3n) is 0.825. The molecule has 62 valence electrons. The van der Waals surface area contributed by atoms with E-state index < -0.39 is 8.17 Å². The molecule has 3 N–H and O–H groups in total. The van der Waals surface area contributed by atoms with Gasteiger partial charge in [0.1, 0.15) is 0 Å². The molecule has 0 radical (unpaired) electrons. The fraction of sp³-hybridized carbons (Fsp3) is 0.600. The third kappa shape index (κ3) is 8.01. The summed E-state index contributed by atoms with van der Waals surface area (Å²) in [6.45, 7) is 5.46. The predicted molar refractivity (Wildman–Crippen MR) is 40.4 cm³/mol. The van der Waals surface area contributed by atoms with Crippen molar-refractivity contribution in [1.29, 1.82) is 0 Å². The second-order valence-corrected chi connectivity index (χ2v) is 3.57. The van der Waals surface area contributed by atoms with Gasteiger partial charge in [-0.1, -0.05) is 0 Å². The van der Waals surface area contributed by atoms with Gasteiger partial charge < -0.3 is 0 Å². The summed E-state index contributed by atoms with van der Waals surface area (Å²) in [4.78, 5) is 25.0. The molecule has 5 heteroatoms. The number of hydrogen-bond donors (Lipinski definition) is 3. The van der Waals surface area contributed by atoms with Crippen molar-refractivity contribution in [2.45, 2.75) is 13.3 Å². The Morgan fingerprint density at radius 2 is 2.00 bits per heavy atom. The van der Waals surface area contributed by atoms with Crippen LogP contribution in [0.4, 0.5) is 0 Å². The van der Waals surface area contributed by atoms with Crippen LogP contribution in [0.25, 0.3) is 0 Å². The summed E-state index contributed by atoms with van der Waals surface area (Å²) in [5, 5.41) is 0. The van der Waals surface area contributed by atoms with E-state index >= 15 is 0 Å². The van der Waals surface area contributed by atoms with E-state index in [-0.39, 0.29) is 6.61 Å². The van der Waals surface area contributed by atoms with Crippen LogP contribution in [0, 0.1) is 0 Å². The Morgan fingerprint density at radius 3 is 2.30 bits per heavy atom. The first-order chi connectivity index (χ1) is 4.42. The Bertz CT molecular complexity index is 117. The van der Waals surface area contributed by atoms with Crippen LogP contribution in [-0.2, 0) is 4.52 Å². The van der Waals surface area contributed by atoms with Gasteiger partial charge in [0, 0.05) is 0 Å². The van der Waals surface area contributed by atoms with Crippen molar-refractivity contribution >= 4 is 8.17 Å². The van der Waals surface area contributed by atoms with Gasteiger partial charge in [0.05, 0.1) is 0 Å². The summed E-state index contributed by atoms with van der Waals surface area (Å²) in [5.74, 6) is 0. The van der Waals surface area contributed by atoms with E-state index in [0.717, 1.165) is 5.57 Å². The van der Waals surface area contributed by atoms with Crippen molar-refractivity contribution in [2.24, 2.45) is 0 Å². The standard InChI is InChI=1S/C5H13O4P/c1-5(2)3-4-9-10(6,7)8/h6-8,10H,1,3-4H2,2H3. The van der Waals surface area contributed by atoms with Crippen LogP contribution in [-0.4, -0.2) is 21.3 Å². The van der Waals surface area contributed by atoms with Gasteiger partial charge in [0.2, 0.25) is 0 Å². The minimum absolute atomic E-state index is 0.102. The fourth-order valence-electron chi connectivity index (χ4n) is 0.362. The Balaban J connectivity index is 3.29. The van der Waals surface area contributed by atoms with Crippen molar-refractivity contribution in [1.82, 2.24) is 0 Å². The van der Waals surface area contributed by atoms with E-state index in [1.54, 1.807) is 6.92 Å². The van der Waals surface area contributed by atoms with E-state index in [1.807, 2.05) is 0 Å². The van der Waals surface area contributed by atoms with Gasteiger partial charge in [-0.2, -0.15) is 0 Å². The number of rotatable bonds is 4. The summed E-state index contributed by atoms with van der Waals surface area (Å²) >= 11 is 0. The molecule has 0 amide bonds. The zero-order valence-corrected chi connectivity index (χ0v) is 6.87. The Kier molecular flexibility index (Phi) is 4.01. The summed E-state index contributed by atoms with van der Waals surface area (Å²) in [7, 11) is -4.27. The monoisotopic (exact) mass is 168 g/mol. The molecule has 0 atom stereocenters. The van der Waals surface area contributed by atoms with Crippen molar-refractivity contribution in [2.75, 3.05) is 6.61 Å². The van der Waals surface area contributed by atoms with Crippen LogP contribution in [0.15, 0.2) is 12.2 Å². The molecular weight excluding hydrogens is 155 g/mol. The first kappa shape index (κ1) is 10.0. The molecule has 0 bridgehead atoms. The molecule has 0 aromatic carbocycles. The molecule has 4 nitrogen and oxygen atoms in total. The average molecular weight is 168 g/mol. The molecule has 0 fully saturated rings. The quantitative estimate of drug-likeness (QED) is 0.418. The second-order valence-electron chi connectivity index (χ2n) is 2.13. The fourth-order valence-corrected chi connectivity index (χ4v) is 0.738. The molecule has 0 unspecified atom stereocenters.